The van der Waals surface area contributed by atoms with E-state index in [1.165, 1.54) is 32.1 Å². The molecule has 2 unspecified atom stereocenters. The van der Waals surface area contributed by atoms with Crippen molar-refractivity contribution >= 4 is 5.97 Å². The van der Waals surface area contributed by atoms with Crippen LogP contribution in [0.5, 0.6) is 0 Å². The minimum Gasteiger partial charge on any atom is -0.480 e. The van der Waals surface area contributed by atoms with E-state index in [4.69, 9.17) is 0 Å². The maximum absolute atomic E-state index is 11.7. The summed E-state index contributed by atoms with van der Waals surface area (Å²) in [6.45, 7) is 5.20. The van der Waals surface area contributed by atoms with Gasteiger partial charge in [-0.25, -0.2) is 0 Å². The molecule has 2 saturated carbocycles. The summed E-state index contributed by atoms with van der Waals surface area (Å²) in [7, 11) is 2.19. The molecule has 0 heterocycles. The van der Waals surface area contributed by atoms with Crippen molar-refractivity contribution < 1.29 is 9.90 Å². The van der Waals surface area contributed by atoms with E-state index in [0.29, 0.717) is 6.04 Å². The van der Waals surface area contributed by atoms with Crippen LogP contribution in [0.25, 0.3) is 0 Å². The lowest BCUT2D eigenvalue weighted by atomic mass is 9.88. The molecule has 0 aromatic carbocycles. The molecular formula is C17H32N2O2. The molecule has 0 spiro atoms. The molecule has 21 heavy (non-hydrogen) atoms. The Kier molecular flexibility index (Phi) is 5.67. The van der Waals surface area contributed by atoms with Gasteiger partial charge in [0.25, 0.3) is 0 Å². The Hall–Kier alpha value is -0.610. The van der Waals surface area contributed by atoms with Crippen molar-refractivity contribution in [3.8, 4) is 0 Å². The Labute approximate surface area is 129 Å². The monoisotopic (exact) mass is 296 g/mol. The molecule has 122 valence electrons. The van der Waals surface area contributed by atoms with E-state index >= 15 is 0 Å². The summed E-state index contributed by atoms with van der Waals surface area (Å²) >= 11 is 0. The van der Waals surface area contributed by atoms with Gasteiger partial charge in [0.15, 0.2) is 0 Å². The molecule has 2 aliphatic rings. The third-order valence-electron chi connectivity index (χ3n) is 5.36. The molecule has 0 radical (unpaired) electrons. The highest BCUT2D eigenvalue weighted by molar-refractivity contribution is 5.79. The van der Waals surface area contributed by atoms with E-state index < -0.39 is 11.5 Å². The van der Waals surface area contributed by atoms with Gasteiger partial charge in [-0.2, -0.15) is 0 Å². The lowest BCUT2D eigenvalue weighted by molar-refractivity contribution is -0.145. The fourth-order valence-electron chi connectivity index (χ4n) is 4.26. The molecule has 2 N–H and O–H groups in total. The number of rotatable bonds is 6. The number of carbonyl (C=O) groups is 1. The number of carboxylic acids is 1. The van der Waals surface area contributed by atoms with E-state index in [0.717, 1.165) is 31.7 Å². The molecule has 0 aromatic rings. The number of nitrogens with one attached hydrogen (secondary N) is 1. The number of hydrogen-bond acceptors (Lipinski definition) is 3. The zero-order valence-corrected chi connectivity index (χ0v) is 13.9. The highest BCUT2D eigenvalue weighted by atomic mass is 16.4. The van der Waals surface area contributed by atoms with Crippen LogP contribution in [0.1, 0.15) is 65.2 Å². The van der Waals surface area contributed by atoms with Gasteiger partial charge in [0, 0.05) is 18.6 Å². The van der Waals surface area contributed by atoms with E-state index in [-0.39, 0.29) is 6.04 Å². The van der Waals surface area contributed by atoms with Gasteiger partial charge >= 0.3 is 5.97 Å². The van der Waals surface area contributed by atoms with Crippen molar-refractivity contribution in [2.45, 2.75) is 82.8 Å². The maximum atomic E-state index is 11.7. The van der Waals surface area contributed by atoms with Gasteiger partial charge in [-0.05, 0) is 58.9 Å². The zero-order chi connectivity index (χ0) is 15.5. The summed E-state index contributed by atoms with van der Waals surface area (Å²) in [5.74, 6) is 0.145. The first-order valence-corrected chi connectivity index (χ1v) is 8.64. The Bertz CT molecular complexity index is 353. The predicted octanol–water partition coefficient (Wildman–Crippen LogP) is 2.87. The fourth-order valence-corrected chi connectivity index (χ4v) is 4.26. The Balaban J connectivity index is 1.91. The van der Waals surface area contributed by atoms with E-state index in [2.05, 4.69) is 17.3 Å². The van der Waals surface area contributed by atoms with Crippen molar-refractivity contribution in [1.82, 2.24) is 10.2 Å². The number of nitrogens with zero attached hydrogens (tertiary/aromatic N) is 1. The first-order valence-electron chi connectivity index (χ1n) is 8.64. The second kappa shape index (κ2) is 7.10. The topological polar surface area (TPSA) is 52.6 Å². The van der Waals surface area contributed by atoms with Crippen molar-refractivity contribution in [3.05, 3.63) is 0 Å². The quantitative estimate of drug-likeness (QED) is 0.791. The lowest BCUT2D eigenvalue weighted by Crippen LogP contribution is -2.53. The van der Waals surface area contributed by atoms with Gasteiger partial charge in [0.2, 0.25) is 0 Å². The largest absolute Gasteiger partial charge is 0.480 e. The summed E-state index contributed by atoms with van der Waals surface area (Å²) in [6, 6.07) is 0.623. The van der Waals surface area contributed by atoms with E-state index in [9.17, 15) is 9.90 Å². The molecule has 2 fully saturated rings. The van der Waals surface area contributed by atoms with Gasteiger partial charge < -0.3 is 10.0 Å². The number of carboxylic acid groups (broad SMARTS) is 1. The SMILES string of the molecule is CC(C)NC1(C(=O)O)CCC(N(C)CC2CCCCC2)C1. The Morgan fingerprint density at radius 3 is 2.52 bits per heavy atom. The van der Waals surface area contributed by atoms with Crippen LogP contribution in [0.15, 0.2) is 0 Å². The first kappa shape index (κ1) is 16.8. The van der Waals surface area contributed by atoms with Gasteiger partial charge in [-0.3, -0.25) is 10.1 Å². The molecule has 2 atom stereocenters. The Morgan fingerprint density at radius 2 is 1.95 bits per heavy atom. The van der Waals surface area contributed by atoms with Crippen molar-refractivity contribution in [2.24, 2.45) is 5.92 Å². The van der Waals surface area contributed by atoms with Gasteiger partial charge in [-0.15, -0.1) is 0 Å². The molecule has 0 bridgehead atoms. The molecule has 4 nitrogen and oxygen atoms in total. The molecule has 0 aromatic heterocycles. The third-order valence-corrected chi connectivity index (χ3v) is 5.36. The fraction of sp³-hybridized carbons (Fsp3) is 0.941. The zero-order valence-electron chi connectivity index (χ0n) is 13.9. The minimum atomic E-state index is -0.709. The van der Waals surface area contributed by atoms with Crippen LogP contribution >= 0.6 is 0 Å². The summed E-state index contributed by atoms with van der Waals surface area (Å²) < 4.78 is 0. The second-order valence-electron chi connectivity index (χ2n) is 7.53. The second-order valence-corrected chi connectivity index (χ2v) is 7.53. The van der Waals surface area contributed by atoms with Crippen molar-refractivity contribution in [3.63, 3.8) is 0 Å². The molecule has 0 aliphatic heterocycles. The lowest BCUT2D eigenvalue weighted by Gasteiger charge is -2.33. The average molecular weight is 296 g/mol. The normalized spacial score (nSPS) is 31.2. The van der Waals surface area contributed by atoms with Crippen LogP contribution in [0.2, 0.25) is 0 Å². The van der Waals surface area contributed by atoms with Crippen LogP contribution in [0.4, 0.5) is 0 Å². The highest BCUT2D eigenvalue weighted by Crippen LogP contribution is 2.35. The summed E-state index contributed by atoms with van der Waals surface area (Å²) in [6.07, 6.45) is 9.33. The number of hydrogen-bond donors (Lipinski definition) is 2. The van der Waals surface area contributed by atoms with Crippen LogP contribution in [0.3, 0.4) is 0 Å². The summed E-state index contributed by atoms with van der Waals surface area (Å²) in [4.78, 5) is 14.2. The van der Waals surface area contributed by atoms with Crippen molar-refractivity contribution in [1.29, 1.82) is 0 Å². The standard InChI is InChI=1S/C17H32N2O2/c1-13(2)18-17(16(20)21)10-9-15(11-17)19(3)12-14-7-5-4-6-8-14/h13-15,18H,4-12H2,1-3H3,(H,20,21). The third kappa shape index (κ3) is 4.19. The minimum absolute atomic E-state index is 0.212. The smallest absolute Gasteiger partial charge is 0.323 e. The van der Waals surface area contributed by atoms with Crippen LogP contribution in [-0.2, 0) is 4.79 Å². The molecule has 4 heteroatoms. The van der Waals surface area contributed by atoms with Crippen LogP contribution in [-0.4, -0.2) is 47.2 Å². The molecular weight excluding hydrogens is 264 g/mol. The predicted molar refractivity (Wildman–Crippen MR) is 85.5 cm³/mol. The first-order chi connectivity index (χ1) is 9.93. The molecule has 2 rings (SSSR count). The van der Waals surface area contributed by atoms with Crippen LogP contribution in [0, 0.1) is 5.92 Å². The maximum Gasteiger partial charge on any atom is 0.323 e. The number of aliphatic carboxylic acids is 1. The van der Waals surface area contributed by atoms with E-state index in [1.807, 2.05) is 13.8 Å². The van der Waals surface area contributed by atoms with Gasteiger partial charge in [-0.1, -0.05) is 19.3 Å². The Morgan fingerprint density at radius 1 is 1.29 bits per heavy atom. The van der Waals surface area contributed by atoms with Gasteiger partial charge in [0.05, 0.1) is 0 Å². The average Bonchev–Trinajstić information content (AvgIpc) is 2.85. The van der Waals surface area contributed by atoms with Crippen LogP contribution < -0.4 is 5.32 Å². The van der Waals surface area contributed by atoms with Gasteiger partial charge in [0.1, 0.15) is 5.54 Å². The summed E-state index contributed by atoms with van der Waals surface area (Å²) in [5.41, 5.74) is -0.709. The van der Waals surface area contributed by atoms with Crippen molar-refractivity contribution in [2.75, 3.05) is 13.6 Å². The van der Waals surface area contributed by atoms with E-state index in [1.54, 1.807) is 0 Å². The summed E-state index contributed by atoms with van der Waals surface area (Å²) in [5, 5.41) is 13.0. The molecule has 0 amide bonds. The molecule has 0 saturated heterocycles. The highest BCUT2D eigenvalue weighted by Gasteiger charge is 2.46. The molecule has 2 aliphatic carbocycles.